The van der Waals surface area contributed by atoms with Crippen LogP contribution in [-0.2, 0) is 9.59 Å². The van der Waals surface area contributed by atoms with Gasteiger partial charge in [0.15, 0.2) is 0 Å². The molecule has 0 aliphatic carbocycles. The molecular formula is C15H20BrN3O2. The summed E-state index contributed by atoms with van der Waals surface area (Å²) in [6, 6.07) is 6.20. The van der Waals surface area contributed by atoms with E-state index in [1.165, 1.54) is 0 Å². The zero-order chi connectivity index (χ0) is 15.8. The summed E-state index contributed by atoms with van der Waals surface area (Å²) >= 11 is 3.56. The molecule has 1 aromatic carbocycles. The standard InChI is InChI=1S/C15H20BrN3O2/c1-9(17-4)10-5-6-12(11(16)7-10)19-8-13(20)18-14(21)15(19,2)3/h5-7,9,17H,8H2,1-4H3,(H,18,20,21). The Kier molecular flexibility index (Phi) is 4.39. The smallest absolute Gasteiger partial charge is 0.251 e. The molecule has 1 aliphatic heterocycles. The van der Waals surface area contributed by atoms with Crippen LogP contribution in [0.25, 0.3) is 0 Å². The van der Waals surface area contributed by atoms with E-state index < -0.39 is 5.54 Å². The van der Waals surface area contributed by atoms with E-state index in [4.69, 9.17) is 0 Å². The van der Waals surface area contributed by atoms with E-state index in [-0.39, 0.29) is 24.4 Å². The Hall–Kier alpha value is -1.40. The van der Waals surface area contributed by atoms with Crippen LogP contribution in [0.3, 0.4) is 0 Å². The zero-order valence-electron chi connectivity index (χ0n) is 12.7. The van der Waals surface area contributed by atoms with Crippen LogP contribution in [0.15, 0.2) is 22.7 Å². The second kappa shape index (κ2) is 5.77. The molecule has 1 aliphatic rings. The molecular weight excluding hydrogens is 334 g/mol. The number of imide groups is 1. The lowest BCUT2D eigenvalue weighted by atomic mass is 9.97. The third-order valence-corrected chi connectivity index (χ3v) is 4.62. The first-order valence-corrected chi connectivity index (χ1v) is 7.65. The molecule has 0 bridgehead atoms. The van der Waals surface area contributed by atoms with Crippen molar-refractivity contribution in [2.75, 3.05) is 18.5 Å². The number of nitrogens with one attached hydrogen (secondary N) is 2. The SMILES string of the molecule is CNC(C)c1ccc(N2CC(=O)NC(=O)C2(C)C)c(Br)c1. The molecule has 5 nitrogen and oxygen atoms in total. The molecule has 0 spiro atoms. The fraction of sp³-hybridized carbons (Fsp3) is 0.467. The predicted octanol–water partition coefficient (Wildman–Crippen LogP) is 1.97. The Balaban J connectivity index is 2.41. The van der Waals surface area contributed by atoms with Crippen molar-refractivity contribution in [1.29, 1.82) is 0 Å². The van der Waals surface area contributed by atoms with Crippen LogP contribution in [0.4, 0.5) is 5.69 Å². The van der Waals surface area contributed by atoms with Gasteiger partial charge >= 0.3 is 0 Å². The minimum Gasteiger partial charge on any atom is -0.347 e. The molecule has 1 heterocycles. The molecule has 1 saturated heterocycles. The summed E-state index contributed by atoms with van der Waals surface area (Å²) < 4.78 is 0.873. The highest BCUT2D eigenvalue weighted by atomic mass is 79.9. The monoisotopic (exact) mass is 353 g/mol. The number of piperazine rings is 1. The average molecular weight is 354 g/mol. The van der Waals surface area contributed by atoms with Gasteiger partial charge in [-0.25, -0.2) is 0 Å². The minimum atomic E-state index is -0.771. The predicted molar refractivity (Wildman–Crippen MR) is 86.2 cm³/mol. The fourth-order valence-corrected chi connectivity index (χ4v) is 2.96. The minimum absolute atomic E-state index is 0.165. The number of nitrogens with zero attached hydrogens (tertiary/aromatic N) is 1. The van der Waals surface area contributed by atoms with Gasteiger partial charge < -0.3 is 10.2 Å². The molecule has 1 atom stereocenters. The number of rotatable bonds is 3. The van der Waals surface area contributed by atoms with Gasteiger partial charge in [-0.3, -0.25) is 14.9 Å². The van der Waals surface area contributed by atoms with E-state index >= 15 is 0 Å². The molecule has 2 N–H and O–H groups in total. The van der Waals surface area contributed by atoms with Gasteiger partial charge in [-0.05, 0) is 61.4 Å². The van der Waals surface area contributed by atoms with E-state index in [1.807, 2.05) is 44.0 Å². The quantitative estimate of drug-likeness (QED) is 0.815. The summed E-state index contributed by atoms with van der Waals surface area (Å²) in [6.07, 6.45) is 0. The third-order valence-electron chi connectivity index (χ3n) is 3.98. The first kappa shape index (κ1) is 16.0. The van der Waals surface area contributed by atoms with Gasteiger partial charge in [-0.1, -0.05) is 6.07 Å². The summed E-state index contributed by atoms with van der Waals surface area (Å²) in [5, 5.41) is 5.57. The zero-order valence-corrected chi connectivity index (χ0v) is 14.2. The highest BCUT2D eigenvalue weighted by Gasteiger charge is 2.41. The van der Waals surface area contributed by atoms with Crippen LogP contribution in [0.1, 0.15) is 32.4 Å². The Morgan fingerprint density at radius 2 is 2.05 bits per heavy atom. The summed E-state index contributed by atoms with van der Waals surface area (Å²) in [5.41, 5.74) is 1.21. The van der Waals surface area contributed by atoms with Crippen LogP contribution in [0, 0.1) is 0 Å². The number of amides is 2. The maximum absolute atomic E-state index is 12.0. The summed E-state index contributed by atoms with van der Waals surface area (Å²) in [4.78, 5) is 25.5. The Morgan fingerprint density at radius 1 is 1.38 bits per heavy atom. The van der Waals surface area contributed by atoms with Gasteiger partial charge in [0.05, 0.1) is 12.2 Å². The molecule has 1 fully saturated rings. The molecule has 1 aromatic rings. The van der Waals surface area contributed by atoms with Crippen LogP contribution in [0.5, 0.6) is 0 Å². The maximum atomic E-state index is 12.0. The lowest BCUT2D eigenvalue weighted by Crippen LogP contribution is -2.64. The average Bonchev–Trinajstić information content (AvgIpc) is 2.42. The van der Waals surface area contributed by atoms with Crippen molar-refractivity contribution in [3.63, 3.8) is 0 Å². The number of benzene rings is 1. The largest absolute Gasteiger partial charge is 0.347 e. The van der Waals surface area contributed by atoms with Crippen LogP contribution >= 0.6 is 15.9 Å². The van der Waals surface area contributed by atoms with Gasteiger partial charge in [-0.2, -0.15) is 0 Å². The number of hydrogen-bond donors (Lipinski definition) is 2. The van der Waals surface area contributed by atoms with Crippen molar-refractivity contribution in [1.82, 2.24) is 10.6 Å². The van der Waals surface area contributed by atoms with E-state index in [0.29, 0.717) is 0 Å². The van der Waals surface area contributed by atoms with Crippen molar-refractivity contribution in [3.05, 3.63) is 28.2 Å². The van der Waals surface area contributed by atoms with Crippen molar-refractivity contribution >= 4 is 33.4 Å². The molecule has 6 heteroatoms. The first-order chi connectivity index (χ1) is 9.77. The van der Waals surface area contributed by atoms with Crippen LogP contribution in [-0.4, -0.2) is 30.9 Å². The number of hydrogen-bond acceptors (Lipinski definition) is 4. The van der Waals surface area contributed by atoms with Gasteiger partial charge in [0, 0.05) is 10.5 Å². The molecule has 114 valence electrons. The highest BCUT2D eigenvalue weighted by molar-refractivity contribution is 9.10. The Labute approximate surface area is 133 Å². The maximum Gasteiger partial charge on any atom is 0.251 e. The van der Waals surface area contributed by atoms with Crippen LogP contribution < -0.4 is 15.5 Å². The number of carbonyl (C=O) groups excluding carboxylic acids is 2. The lowest BCUT2D eigenvalue weighted by molar-refractivity contribution is -0.135. The van der Waals surface area contributed by atoms with Crippen LogP contribution in [0.2, 0.25) is 0 Å². The molecule has 1 unspecified atom stereocenters. The second-order valence-corrected chi connectivity index (χ2v) is 6.60. The molecule has 2 amide bonds. The van der Waals surface area contributed by atoms with Crippen molar-refractivity contribution in [2.45, 2.75) is 32.4 Å². The van der Waals surface area contributed by atoms with E-state index in [1.54, 1.807) is 0 Å². The van der Waals surface area contributed by atoms with Crippen molar-refractivity contribution < 1.29 is 9.59 Å². The van der Waals surface area contributed by atoms with E-state index in [0.717, 1.165) is 15.7 Å². The summed E-state index contributed by atoms with van der Waals surface area (Å²) in [6.45, 7) is 5.86. The second-order valence-electron chi connectivity index (χ2n) is 5.74. The third kappa shape index (κ3) is 2.96. The van der Waals surface area contributed by atoms with Gasteiger partial charge in [0.2, 0.25) is 5.91 Å². The first-order valence-electron chi connectivity index (χ1n) is 6.86. The molecule has 0 aromatic heterocycles. The molecule has 21 heavy (non-hydrogen) atoms. The Bertz CT molecular complexity index is 586. The van der Waals surface area contributed by atoms with Gasteiger partial charge in [0.25, 0.3) is 5.91 Å². The number of halogens is 1. The summed E-state index contributed by atoms with van der Waals surface area (Å²) in [5.74, 6) is -0.558. The summed E-state index contributed by atoms with van der Waals surface area (Å²) in [7, 11) is 1.91. The highest BCUT2D eigenvalue weighted by Crippen LogP contribution is 2.34. The van der Waals surface area contributed by atoms with E-state index in [9.17, 15) is 9.59 Å². The molecule has 2 rings (SSSR count). The number of carbonyl (C=O) groups is 2. The van der Waals surface area contributed by atoms with Gasteiger partial charge in [0.1, 0.15) is 5.54 Å². The Morgan fingerprint density at radius 3 is 2.62 bits per heavy atom. The number of anilines is 1. The van der Waals surface area contributed by atoms with E-state index in [2.05, 4.69) is 33.5 Å². The van der Waals surface area contributed by atoms with Crippen molar-refractivity contribution in [3.8, 4) is 0 Å². The molecule has 0 radical (unpaired) electrons. The molecule has 0 saturated carbocycles. The topological polar surface area (TPSA) is 61.4 Å². The normalized spacial score (nSPS) is 19.4. The van der Waals surface area contributed by atoms with Gasteiger partial charge in [-0.15, -0.1) is 0 Å². The van der Waals surface area contributed by atoms with Crippen molar-refractivity contribution in [2.24, 2.45) is 0 Å². The fourth-order valence-electron chi connectivity index (χ4n) is 2.35. The lowest BCUT2D eigenvalue weighted by Gasteiger charge is -2.42.